The quantitative estimate of drug-likeness (QED) is 0.338. The first kappa shape index (κ1) is 25.3. The molecule has 3 aromatic rings. The van der Waals surface area contributed by atoms with E-state index in [1.165, 1.54) is 38.3 Å². The molecule has 3 aromatic carbocycles. The van der Waals surface area contributed by atoms with E-state index in [1.54, 1.807) is 0 Å². The van der Waals surface area contributed by atoms with Crippen molar-refractivity contribution >= 4 is 28.6 Å². The Hall–Kier alpha value is -2.96. The molecule has 0 aromatic heterocycles. The van der Waals surface area contributed by atoms with Gasteiger partial charge in [0.05, 0.1) is 13.3 Å². The van der Waals surface area contributed by atoms with E-state index in [0.29, 0.717) is 6.42 Å². The van der Waals surface area contributed by atoms with Crippen molar-refractivity contribution in [2.45, 2.75) is 43.1 Å². The van der Waals surface area contributed by atoms with Crippen molar-refractivity contribution < 1.29 is 13.9 Å². The van der Waals surface area contributed by atoms with E-state index >= 15 is 0 Å². The number of likely N-dealkylation sites (tertiary alicyclic amines) is 1. The van der Waals surface area contributed by atoms with Crippen LogP contribution in [0, 0.1) is 0 Å². The van der Waals surface area contributed by atoms with Crippen LogP contribution in [0.3, 0.4) is 0 Å². The predicted molar refractivity (Wildman–Crippen MR) is 155 cm³/mol. The molecule has 0 radical (unpaired) electrons. The highest BCUT2D eigenvalue weighted by molar-refractivity contribution is 7.99. The molecule has 0 spiro atoms. The molecule has 2 aliphatic heterocycles. The van der Waals surface area contributed by atoms with Gasteiger partial charge in [-0.05, 0) is 102 Å². The zero-order valence-electron chi connectivity index (χ0n) is 21.8. The number of nitrogens with two attached hydrogens (primary N) is 1. The smallest absolute Gasteiger partial charge is 0.133 e. The fourth-order valence-electron chi connectivity index (χ4n) is 5.93. The van der Waals surface area contributed by atoms with Gasteiger partial charge in [-0.1, -0.05) is 24.3 Å². The monoisotopic (exact) mass is 530 g/mol. The van der Waals surface area contributed by atoms with Gasteiger partial charge in [0.1, 0.15) is 17.6 Å². The summed E-state index contributed by atoms with van der Waals surface area (Å²) in [5.74, 6) is 2.88. The van der Waals surface area contributed by atoms with E-state index < -0.39 is 0 Å². The number of rotatable bonds is 7. The predicted octanol–water partition coefficient (Wildman–Crippen LogP) is 6.86. The third kappa shape index (κ3) is 5.43. The highest BCUT2D eigenvalue weighted by Gasteiger charge is 2.25. The molecule has 1 atom stereocenters. The van der Waals surface area contributed by atoms with Crippen molar-refractivity contribution in [2.75, 3.05) is 44.4 Å². The summed E-state index contributed by atoms with van der Waals surface area (Å²) in [4.78, 5) is 3.52. The first-order valence-electron chi connectivity index (χ1n) is 13.8. The molecule has 1 fully saturated rings. The number of benzene rings is 3. The van der Waals surface area contributed by atoms with Crippen LogP contribution in [0.25, 0.3) is 11.1 Å². The first-order valence-corrected chi connectivity index (χ1v) is 14.7. The lowest BCUT2D eigenvalue weighted by Crippen LogP contribution is -2.26. The Kier molecular flexibility index (Phi) is 7.61. The Balaban J connectivity index is 1.34. The van der Waals surface area contributed by atoms with E-state index in [2.05, 4.69) is 59.5 Å². The third-order valence-electron chi connectivity index (χ3n) is 7.75. The summed E-state index contributed by atoms with van der Waals surface area (Å²) in [5, 5.41) is 0. The standard InChI is InChI=1S/C32H35FN2O2S/c33-14-2-15-35-16-13-27(21-35)37-26-9-5-22(6-10-26)32-28(4-1-3-23-19-25(34)8-11-29(23)32)24-7-12-31-30(20-24)36-17-18-38-31/h5-12,19-20,27H,1-4,13-18,21,34H2. The topological polar surface area (TPSA) is 47.7 Å². The van der Waals surface area contributed by atoms with Crippen LogP contribution < -0.4 is 15.2 Å². The van der Waals surface area contributed by atoms with Crippen molar-refractivity contribution in [3.05, 3.63) is 82.9 Å². The molecule has 3 aliphatic rings. The van der Waals surface area contributed by atoms with Gasteiger partial charge in [0.15, 0.2) is 0 Å². The summed E-state index contributed by atoms with van der Waals surface area (Å²) in [6.45, 7) is 3.15. The second kappa shape index (κ2) is 11.4. The van der Waals surface area contributed by atoms with E-state index in [1.807, 2.05) is 17.8 Å². The third-order valence-corrected chi connectivity index (χ3v) is 8.77. The van der Waals surface area contributed by atoms with Gasteiger partial charge >= 0.3 is 0 Å². The number of allylic oxidation sites excluding steroid dienone is 1. The van der Waals surface area contributed by atoms with Crippen molar-refractivity contribution in [1.29, 1.82) is 0 Å². The maximum atomic E-state index is 12.6. The minimum absolute atomic E-state index is 0.158. The molecule has 2 heterocycles. The van der Waals surface area contributed by atoms with Crippen LogP contribution in [-0.2, 0) is 6.42 Å². The average Bonchev–Trinajstić information content (AvgIpc) is 3.30. The van der Waals surface area contributed by atoms with Gasteiger partial charge < -0.3 is 15.2 Å². The number of fused-ring (bicyclic) bond motifs is 2. The number of nitrogen functional groups attached to an aromatic ring is 1. The van der Waals surface area contributed by atoms with Crippen LogP contribution in [0.15, 0.2) is 65.6 Å². The summed E-state index contributed by atoms with van der Waals surface area (Å²) < 4.78 is 24.9. The lowest BCUT2D eigenvalue weighted by molar-refractivity contribution is 0.198. The molecule has 38 heavy (non-hydrogen) atoms. The van der Waals surface area contributed by atoms with Crippen molar-refractivity contribution in [2.24, 2.45) is 0 Å². The molecular formula is C32H35FN2O2S. The molecule has 6 heteroatoms. The van der Waals surface area contributed by atoms with Crippen LogP contribution in [0.1, 0.15) is 47.9 Å². The Labute approximate surface area is 229 Å². The van der Waals surface area contributed by atoms with E-state index in [4.69, 9.17) is 15.2 Å². The number of anilines is 1. The maximum absolute atomic E-state index is 12.6. The largest absolute Gasteiger partial charge is 0.492 e. The van der Waals surface area contributed by atoms with Crippen LogP contribution in [0.2, 0.25) is 0 Å². The highest BCUT2D eigenvalue weighted by Crippen LogP contribution is 2.43. The Morgan fingerprint density at radius 1 is 1.03 bits per heavy atom. The molecule has 198 valence electrons. The Bertz CT molecular complexity index is 1320. The summed E-state index contributed by atoms with van der Waals surface area (Å²) in [6, 6.07) is 21.6. The van der Waals surface area contributed by atoms with Crippen molar-refractivity contribution in [3.63, 3.8) is 0 Å². The zero-order chi connectivity index (χ0) is 25.9. The second-order valence-electron chi connectivity index (χ2n) is 10.4. The van der Waals surface area contributed by atoms with Gasteiger partial charge in [0.2, 0.25) is 0 Å². The molecule has 1 aliphatic carbocycles. The fraction of sp³-hybridized carbons (Fsp3) is 0.375. The molecule has 2 N–H and O–H groups in total. The van der Waals surface area contributed by atoms with E-state index in [-0.39, 0.29) is 12.8 Å². The Morgan fingerprint density at radius 2 is 1.89 bits per heavy atom. The minimum Gasteiger partial charge on any atom is -0.492 e. The number of alkyl halides is 1. The number of aryl methyl sites for hydroxylation is 1. The van der Waals surface area contributed by atoms with E-state index in [0.717, 1.165) is 74.9 Å². The summed E-state index contributed by atoms with van der Waals surface area (Å²) >= 11 is 1.87. The molecule has 4 nitrogen and oxygen atoms in total. The minimum atomic E-state index is -0.255. The Morgan fingerprint density at radius 3 is 2.76 bits per heavy atom. The number of halogens is 1. The van der Waals surface area contributed by atoms with Crippen LogP contribution in [0.4, 0.5) is 10.1 Å². The summed E-state index contributed by atoms with van der Waals surface area (Å²) in [7, 11) is 0. The molecule has 0 saturated carbocycles. The number of hydrogen-bond acceptors (Lipinski definition) is 5. The maximum Gasteiger partial charge on any atom is 0.133 e. The molecule has 0 bridgehead atoms. The summed E-state index contributed by atoms with van der Waals surface area (Å²) in [6.07, 6.45) is 4.81. The molecule has 0 amide bonds. The first-order chi connectivity index (χ1) is 18.7. The SMILES string of the molecule is Nc1ccc2c(c1)CCCC(c1ccc3c(c1)OCCS3)=C2c1ccc(OC2CCN(CCCF)C2)cc1. The lowest BCUT2D eigenvalue weighted by Gasteiger charge is -2.21. The van der Waals surface area contributed by atoms with Gasteiger partial charge in [0.25, 0.3) is 0 Å². The molecule has 1 saturated heterocycles. The second-order valence-corrected chi connectivity index (χ2v) is 11.5. The summed E-state index contributed by atoms with van der Waals surface area (Å²) in [5.41, 5.74) is 14.6. The van der Waals surface area contributed by atoms with Gasteiger partial charge in [-0.15, -0.1) is 11.8 Å². The highest BCUT2D eigenvalue weighted by atomic mass is 32.2. The number of nitrogens with zero attached hydrogens (tertiary/aromatic N) is 1. The van der Waals surface area contributed by atoms with Gasteiger partial charge in [-0.2, -0.15) is 0 Å². The fourth-order valence-corrected chi connectivity index (χ4v) is 6.74. The zero-order valence-corrected chi connectivity index (χ0v) is 22.6. The molecular weight excluding hydrogens is 495 g/mol. The van der Waals surface area contributed by atoms with Gasteiger partial charge in [-0.3, -0.25) is 9.29 Å². The number of hydrogen-bond donors (Lipinski definition) is 1. The molecule has 6 rings (SSSR count). The molecule has 1 unspecified atom stereocenters. The van der Waals surface area contributed by atoms with Crippen LogP contribution in [-0.4, -0.2) is 49.7 Å². The number of thioether (sulfide) groups is 1. The van der Waals surface area contributed by atoms with Gasteiger partial charge in [0, 0.05) is 36.0 Å². The van der Waals surface area contributed by atoms with Crippen LogP contribution >= 0.6 is 11.8 Å². The van der Waals surface area contributed by atoms with E-state index in [9.17, 15) is 4.39 Å². The van der Waals surface area contributed by atoms with Crippen molar-refractivity contribution in [3.8, 4) is 11.5 Å². The number of ether oxygens (including phenoxy) is 2. The van der Waals surface area contributed by atoms with Crippen molar-refractivity contribution in [1.82, 2.24) is 4.90 Å². The van der Waals surface area contributed by atoms with Gasteiger partial charge in [-0.25, -0.2) is 0 Å². The normalized spacial score (nSPS) is 19.4. The average molecular weight is 531 g/mol. The lowest BCUT2D eigenvalue weighted by atomic mass is 9.87. The van der Waals surface area contributed by atoms with Crippen LogP contribution in [0.5, 0.6) is 11.5 Å².